The van der Waals surface area contributed by atoms with Crippen LogP contribution >= 0.6 is 0 Å². The summed E-state index contributed by atoms with van der Waals surface area (Å²) in [5.74, 6) is 2.20. The summed E-state index contributed by atoms with van der Waals surface area (Å²) in [4.78, 5) is 14.1. The van der Waals surface area contributed by atoms with Crippen molar-refractivity contribution in [1.29, 1.82) is 0 Å². The summed E-state index contributed by atoms with van der Waals surface area (Å²) >= 11 is 0. The van der Waals surface area contributed by atoms with E-state index in [1.807, 2.05) is 53.5 Å². The van der Waals surface area contributed by atoms with Gasteiger partial charge in [0.1, 0.15) is 5.75 Å². The topological polar surface area (TPSA) is 126 Å². The van der Waals surface area contributed by atoms with Crippen molar-refractivity contribution in [3.05, 3.63) is 65.2 Å². The number of hydrogen-bond donors (Lipinski definition) is 2. The molecule has 0 aromatic heterocycles. The Kier molecular flexibility index (Phi) is 7.42. The predicted octanol–water partition coefficient (Wildman–Crippen LogP) is 3.13. The minimum atomic E-state index is -0.533. The largest absolute Gasteiger partial charge is 0.497 e. The van der Waals surface area contributed by atoms with E-state index in [1.54, 1.807) is 28.4 Å². The molecule has 3 atom stereocenters. The standard InChI is InChI=1S/C31H34N4O7/c1-37-19-7-5-18(6-8-19)35-15-22-28(31(36)33-10-9-32)27(17-11-25(38-2)30(40-4)26(12-17)39-3)20-13-23-24(42-16-41-23)14-21(20)29(22)34-35/h5-8,11-14,22,27-28H,9-10,15-16,32H2,1-4H3,(H,33,36)/t22-,27+,28-/m0/s1. The number of carbonyl (C=O) groups is 1. The predicted molar refractivity (Wildman–Crippen MR) is 156 cm³/mol. The maximum absolute atomic E-state index is 14.1. The van der Waals surface area contributed by atoms with Gasteiger partial charge in [0.2, 0.25) is 18.4 Å². The fourth-order valence-corrected chi connectivity index (χ4v) is 6.15. The Morgan fingerprint density at radius 2 is 1.67 bits per heavy atom. The molecular weight excluding hydrogens is 540 g/mol. The van der Waals surface area contributed by atoms with Crippen molar-refractivity contribution in [2.75, 3.05) is 59.9 Å². The molecule has 1 amide bonds. The molecule has 11 heteroatoms. The Hall–Kier alpha value is -4.64. The molecule has 3 N–H and O–H groups in total. The Labute approximate surface area is 244 Å². The van der Waals surface area contributed by atoms with Crippen LogP contribution in [0.2, 0.25) is 0 Å². The van der Waals surface area contributed by atoms with E-state index in [2.05, 4.69) is 5.32 Å². The van der Waals surface area contributed by atoms with Crippen molar-refractivity contribution >= 4 is 17.3 Å². The molecular formula is C31H34N4O7. The van der Waals surface area contributed by atoms with Gasteiger partial charge in [-0.3, -0.25) is 9.80 Å². The highest BCUT2D eigenvalue weighted by molar-refractivity contribution is 6.10. The summed E-state index contributed by atoms with van der Waals surface area (Å²) in [5.41, 5.74) is 10.1. The third-order valence-corrected chi connectivity index (χ3v) is 8.06. The van der Waals surface area contributed by atoms with Gasteiger partial charge in [-0.15, -0.1) is 0 Å². The van der Waals surface area contributed by atoms with Crippen LogP contribution in [0.5, 0.6) is 34.5 Å². The van der Waals surface area contributed by atoms with E-state index < -0.39 is 11.8 Å². The average molecular weight is 575 g/mol. The number of hydrazone groups is 1. The van der Waals surface area contributed by atoms with Crippen molar-refractivity contribution < 1.29 is 33.2 Å². The SMILES string of the molecule is COc1ccc(N2C[C@@H]3C(=N2)c2cc4c(cc2[C@@H](c2cc(OC)c(OC)c(OC)c2)[C@H]3C(=O)NCCN)OCO4)cc1. The van der Waals surface area contributed by atoms with E-state index in [1.165, 1.54) is 0 Å². The van der Waals surface area contributed by atoms with Gasteiger partial charge in [-0.25, -0.2) is 0 Å². The van der Waals surface area contributed by atoms with Crippen LogP contribution < -0.4 is 44.5 Å². The first-order valence-corrected chi connectivity index (χ1v) is 13.7. The van der Waals surface area contributed by atoms with Gasteiger partial charge in [-0.05, 0) is 59.7 Å². The molecule has 0 saturated heterocycles. The number of amides is 1. The van der Waals surface area contributed by atoms with Gasteiger partial charge in [0, 0.05) is 30.5 Å². The smallest absolute Gasteiger partial charge is 0.231 e. The summed E-state index contributed by atoms with van der Waals surface area (Å²) in [6, 6.07) is 15.5. The molecule has 3 aromatic carbocycles. The monoisotopic (exact) mass is 574 g/mol. The van der Waals surface area contributed by atoms with Crippen LogP contribution in [-0.4, -0.2) is 66.5 Å². The zero-order chi connectivity index (χ0) is 29.4. The van der Waals surface area contributed by atoms with E-state index in [9.17, 15) is 4.79 Å². The fraction of sp³-hybridized carbons (Fsp3) is 0.355. The number of nitrogens with one attached hydrogen (secondary N) is 1. The molecule has 0 radical (unpaired) electrons. The molecule has 0 unspecified atom stereocenters. The van der Waals surface area contributed by atoms with Gasteiger partial charge in [0.15, 0.2) is 23.0 Å². The van der Waals surface area contributed by atoms with Crippen molar-refractivity contribution in [2.24, 2.45) is 22.7 Å². The Bertz CT molecular complexity index is 1500. The van der Waals surface area contributed by atoms with E-state index in [0.29, 0.717) is 48.4 Å². The normalized spacial score (nSPS) is 19.9. The molecule has 0 fully saturated rings. The van der Waals surface area contributed by atoms with Crippen LogP contribution in [-0.2, 0) is 4.79 Å². The molecule has 11 nitrogen and oxygen atoms in total. The van der Waals surface area contributed by atoms with Gasteiger partial charge in [0.25, 0.3) is 0 Å². The number of carbonyl (C=O) groups excluding carboxylic acids is 1. The summed E-state index contributed by atoms with van der Waals surface area (Å²) in [7, 11) is 6.35. The Balaban J connectivity index is 1.55. The maximum atomic E-state index is 14.1. The van der Waals surface area contributed by atoms with Crippen LogP contribution in [0.15, 0.2) is 53.6 Å². The van der Waals surface area contributed by atoms with E-state index in [0.717, 1.165) is 33.8 Å². The Morgan fingerprint density at radius 1 is 0.976 bits per heavy atom. The summed E-state index contributed by atoms with van der Waals surface area (Å²) < 4.78 is 33.9. The summed E-state index contributed by atoms with van der Waals surface area (Å²) in [5, 5.41) is 10.1. The molecule has 0 spiro atoms. The zero-order valence-corrected chi connectivity index (χ0v) is 24.0. The number of nitrogens with two attached hydrogens (primary N) is 1. The van der Waals surface area contributed by atoms with Crippen LogP contribution in [0.3, 0.4) is 0 Å². The second-order valence-corrected chi connectivity index (χ2v) is 10.2. The number of anilines is 1. The lowest BCUT2D eigenvalue weighted by molar-refractivity contribution is -0.126. The van der Waals surface area contributed by atoms with Gasteiger partial charge in [0.05, 0.1) is 52.3 Å². The summed E-state index contributed by atoms with van der Waals surface area (Å²) in [6.45, 7) is 1.30. The number of ether oxygens (including phenoxy) is 6. The second-order valence-electron chi connectivity index (χ2n) is 10.2. The van der Waals surface area contributed by atoms with Gasteiger partial charge in [-0.1, -0.05) is 0 Å². The van der Waals surface area contributed by atoms with E-state index in [4.69, 9.17) is 39.3 Å². The maximum Gasteiger partial charge on any atom is 0.231 e. The van der Waals surface area contributed by atoms with Crippen molar-refractivity contribution in [3.63, 3.8) is 0 Å². The molecule has 42 heavy (non-hydrogen) atoms. The number of rotatable bonds is 9. The zero-order valence-electron chi connectivity index (χ0n) is 24.0. The summed E-state index contributed by atoms with van der Waals surface area (Å²) in [6.07, 6.45) is 0. The highest BCUT2D eigenvalue weighted by Gasteiger charge is 2.49. The van der Waals surface area contributed by atoms with Crippen LogP contribution in [0.4, 0.5) is 5.69 Å². The molecule has 6 rings (SSSR count). The molecule has 1 aliphatic carbocycles. The lowest BCUT2D eigenvalue weighted by Gasteiger charge is -2.38. The molecule has 0 bridgehead atoms. The third-order valence-electron chi connectivity index (χ3n) is 8.06. The first-order chi connectivity index (χ1) is 20.5. The van der Waals surface area contributed by atoms with Gasteiger partial charge >= 0.3 is 0 Å². The molecule has 2 heterocycles. The molecule has 220 valence electrons. The first-order valence-electron chi connectivity index (χ1n) is 13.7. The lowest BCUT2D eigenvalue weighted by atomic mass is 9.65. The van der Waals surface area contributed by atoms with Crippen LogP contribution in [0.1, 0.15) is 22.6 Å². The molecule has 3 aliphatic rings. The number of methoxy groups -OCH3 is 4. The van der Waals surface area contributed by atoms with Crippen molar-refractivity contribution in [2.45, 2.75) is 5.92 Å². The number of hydrogen-bond acceptors (Lipinski definition) is 10. The quantitative estimate of drug-likeness (QED) is 0.396. The lowest BCUT2D eigenvalue weighted by Crippen LogP contribution is -2.46. The van der Waals surface area contributed by atoms with Crippen molar-refractivity contribution in [1.82, 2.24) is 5.32 Å². The number of fused-ring (bicyclic) bond motifs is 4. The Morgan fingerprint density at radius 3 is 2.29 bits per heavy atom. The fourth-order valence-electron chi connectivity index (χ4n) is 6.15. The molecule has 3 aromatic rings. The number of benzene rings is 3. The molecule has 2 aliphatic heterocycles. The second kappa shape index (κ2) is 11.3. The van der Waals surface area contributed by atoms with Crippen LogP contribution in [0.25, 0.3) is 0 Å². The van der Waals surface area contributed by atoms with E-state index in [-0.39, 0.29) is 18.6 Å². The van der Waals surface area contributed by atoms with Gasteiger partial charge < -0.3 is 39.5 Å². The van der Waals surface area contributed by atoms with Crippen molar-refractivity contribution in [3.8, 4) is 34.5 Å². The first kappa shape index (κ1) is 27.5. The number of nitrogens with zero attached hydrogens (tertiary/aromatic N) is 2. The minimum Gasteiger partial charge on any atom is -0.497 e. The van der Waals surface area contributed by atoms with E-state index >= 15 is 0 Å². The molecule has 0 saturated carbocycles. The van der Waals surface area contributed by atoms with Crippen LogP contribution in [0, 0.1) is 11.8 Å². The minimum absolute atomic E-state index is 0.114. The highest BCUT2D eigenvalue weighted by Crippen LogP contribution is 2.52. The highest BCUT2D eigenvalue weighted by atomic mass is 16.7. The average Bonchev–Trinajstić information content (AvgIpc) is 3.68. The van der Waals surface area contributed by atoms with Gasteiger partial charge in [-0.2, -0.15) is 5.10 Å². The third kappa shape index (κ3) is 4.59.